The highest BCUT2D eigenvalue weighted by Crippen LogP contribution is 2.28. The quantitative estimate of drug-likeness (QED) is 0.873. The molecule has 0 spiro atoms. The summed E-state index contributed by atoms with van der Waals surface area (Å²) in [5, 5.41) is 12.3. The summed E-state index contributed by atoms with van der Waals surface area (Å²) in [7, 11) is 0. The van der Waals surface area contributed by atoms with E-state index >= 15 is 0 Å². The summed E-state index contributed by atoms with van der Waals surface area (Å²) in [6.45, 7) is 2.14. The Kier molecular flexibility index (Phi) is 5.11. The second-order valence-electron chi connectivity index (χ2n) is 4.88. The van der Waals surface area contributed by atoms with E-state index in [9.17, 15) is 9.59 Å². The van der Waals surface area contributed by atoms with Crippen LogP contribution in [0.25, 0.3) is 0 Å². The van der Waals surface area contributed by atoms with E-state index < -0.39 is 5.97 Å². The van der Waals surface area contributed by atoms with Crippen LogP contribution in [-0.2, 0) is 0 Å². The number of nitrogens with one attached hydrogen (secondary N) is 1. The Hall–Kier alpha value is -1.43. The van der Waals surface area contributed by atoms with Gasteiger partial charge in [0.05, 0.1) is 0 Å². The maximum atomic E-state index is 12.0. The van der Waals surface area contributed by atoms with E-state index in [1.165, 1.54) is 18.6 Å². The van der Waals surface area contributed by atoms with Crippen LogP contribution in [0.5, 0.6) is 0 Å². The standard InChI is InChI=1S/C14H19NO4S/c1-2-20-10-5-3-4-9(8-10)15-13(16)11-6-7-12(19-11)14(17)18/h6-7,9-10H,2-5,8H2,1H3,(H,15,16)(H,17,18). The van der Waals surface area contributed by atoms with Crippen molar-refractivity contribution in [2.45, 2.75) is 43.9 Å². The molecule has 1 aromatic heterocycles. The predicted molar refractivity (Wildman–Crippen MR) is 77.3 cm³/mol. The molecule has 0 saturated heterocycles. The van der Waals surface area contributed by atoms with Crippen molar-refractivity contribution in [3.8, 4) is 0 Å². The van der Waals surface area contributed by atoms with Crippen LogP contribution in [0.1, 0.15) is 53.7 Å². The first-order valence-electron chi connectivity index (χ1n) is 6.85. The number of furan rings is 1. The van der Waals surface area contributed by atoms with Crippen molar-refractivity contribution in [3.05, 3.63) is 23.7 Å². The zero-order chi connectivity index (χ0) is 14.5. The highest BCUT2D eigenvalue weighted by molar-refractivity contribution is 7.99. The molecule has 1 aliphatic carbocycles. The molecule has 0 aliphatic heterocycles. The lowest BCUT2D eigenvalue weighted by Crippen LogP contribution is -2.39. The Balaban J connectivity index is 1.91. The molecule has 1 aliphatic rings. The van der Waals surface area contributed by atoms with E-state index in [2.05, 4.69) is 12.2 Å². The number of thioether (sulfide) groups is 1. The third-order valence-electron chi connectivity index (χ3n) is 3.40. The molecule has 0 bridgehead atoms. The van der Waals surface area contributed by atoms with Gasteiger partial charge >= 0.3 is 5.97 Å². The third kappa shape index (κ3) is 3.79. The maximum absolute atomic E-state index is 12.0. The number of aromatic carboxylic acids is 1. The first-order valence-corrected chi connectivity index (χ1v) is 7.90. The molecule has 110 valence electrons. The molecule has 6 heteroatoms. The zero-order valence-electron chi connectivity index (χ0n) is 11.4. The Morgan fingerprint density at radius 3 is 2.80 bits per heavy atom. The van der Waals surface area contributed by atoms with E-state index in [1.807, 2.05) is 11.8 Å². The monoisotopic (exact) mass is 297 g/mol. The molecular formula is C14H19NO4S. The highest BCUT2D eigenvalue weighted by Gasteiger charge is 2.24. The molecule has 2 unspecified atom stereocenters. The Morgan fingerprint density at radius 1 is 1.40 bits per heavy atom. The Bertz CT molecular complexity index is 483. The van der Waals surface area contributed by atoms with Gasteiger partial charge in [0.2, 0.25) is 5.76 Å². The SMILES string of the molecule is CCSC1CCCC(NC(=O)c2ccc(C(=O)O)o2)C1. The molecule has 2 N–H and O–H groups in total. The van der Waals surface area contributed by atoms with Crippen molar-refractivity contribution in [1.29, 1.82) is 0 Å². The fraction of sp³-hybridized carbons (Fsp3) is 0.571. The fourth-order valence-electron chi connectivity index (χ4n) is 2.49. The van der Waals surface area contributed by atoms with Gasteiger partial charge in [0.25, 0.3) is 5.91 Å². The van der Waals surface area contributed by atoms with Crippen molar-refractivity contribution in [1.82, 2.24) is 5.32 Å². The molecular weight excluding hydrogens is 278 g/mol. The van der Waals surface area contributed by atoms with Gasteiger partial charge in [-0.25, -0.2) is 4.79 Å². The van der Waals surface area contributed by atoms with Crippen LogP contribution in [0.4, 0.5) is 0 Å². The summed E-state index contributed by atoms with van der Waals surface area (Å²) in [6.07, 6.45) is 4.26. The molecule has 0 aromatic carbocycles. The van der Waals surface area contributed by atoms with Crippen molar-refractivity contribution < 1.29 is 19.1 Å². The fourth-order valence-corrected chi connectivity index (χ4v) is 3.67. The van der Waals surface area contributed by atoms with Crippen molar-refractivity contribution in [3.63, 3.8) is 0 Å². The molecule has 2 atom stereocenters. The zero-order valence-corrected chi connectivity index (χ0v) is 12.2. The van der Waals surface area contributed by atoms with Crippen LogP contribution in [-0.4, -0.2) is 34.0 Å². The summed E-state index contributed by atoms with van der Waals surface area (Å²) in [5.41, 5.74) is 0. The van der Waals surface area contributed by atoms with Crippen molar-refractivity contribution in [2.24, 2.45) is 0 Å². The number of rotatable bonds is 5. The minimum atomic E-state index is -1.17. The molecule has 1 amide bonds. The van der Waals surface area contributed by atoms with Gasteiger partial charge in [-0.05, 0) is 37.1 Å². The largest absolute Gasteiger partial charge is 0.475 e. The molecule has 1 heterocycles. The van der Waals surface area contributed by atoms with E-state index in [1.54, 1.807) is 0 Å². The topological polar surface area (TPSA) is 79.5 Å². The minimum Gasteiger partial charge on any atom is -0.475 e. The van der Waals surface area contributed by atoms with Crippen molar-refractivity contribution in [2.75, 3.05) is 5.75 Å². The molecule has 2 rings (SSSR count). The van der Waals surface area contributed by atoms with Gasteiger partial charge in [0, 0.05) is 11.3 Å². The first kappa shape index (κ1) is 15.0. The molecule has 1 aromatic rings. The normalized spacial score (nSPS) is 22.4. The average Bonchev–Trinajstić information content (AvgIpc) is 2.89. The smallest absolute Gasteiger partial charge is 0.371 e. The molecule has 5 nitrogen and oxygen atoms in total. The Morgan fingerprint density at radius 2 is 2.15 bits per heavy atom. The number of amides is 1. The van der Waals surface area contributed by atoms with E-state index in [0.717, 1.165) is 25.0 Å². The lowest BCUT2D eigenvalue weighted by molar-refractivity contribution is 0.0659. The first-order chi connectivity index (χ1) is 9.60. The van der Waals surface area contributed by atoms with E-state index in [-0.39, 0.29) is 23.5 Å². The van der Waals surface area contributed by atoms with Gasteiger partial charge in [-0.2, -0.15) is 11.8 Å². The third-order valence-corrected chi connectivity index (χ3v) is 4.64. The van der Waals surface area contributed by atoms with E-state index in [0.29, 0.717) is 5.25 Å². The molecule has 20 heavy (non-hydrogen) atoms. The van der Waals surface area contributed by atoms with E-state index in [4.69, 9.17) is 9.52 Å². The van der Waals surface area contributed by atoms with Crippen LogP contribution in [0.15, 0.2) is 16.5 Å². The summed E-state index contributed by atoms with van der Waals surface area (Å²) in [5.74, 6) is -0.553. The van der Waals surface area contributed by atoms with Gasteiger partial charge in [0.15, 0.2) is 5.76 Å². The number of carbonyl (C=O) groups excluding carboxylic acids is 1. The second-order valence-corrected chi connectivity index (χ2v) is 6.46. The van der Waals surface area contributed by atoms with Crippen LogP contribution < -0.4 is 5.32 Å². The van der Waals surface area contributed by atoms with Gasteiger partial charge in [-0.1, -0.05) is 13.3 Å². The summed E-state index contributed by atoms with van der Waals surface area (Å²) in [4.78, 5) is 22.7. The lowest BCUT2D eigenvalue weighted by Gasteiger charge is -2.28. The van der Waals surface area contributed by atoms with Gasteiger partial charge in [-0.3, -0.25) is 4.79 Å². The summed E-state index contributed by atoms with van der Waals surface area (Å²) < 4.78 is 5.01. The predicted octanol–water partition coefficient (Wildman–Crippen LogP) is 2.77. The van der Waals surface area contributed by atoms with Crippen LogP contribution in [0, 0.1) is 0 Å². The number of hydrogen-bond acceptors (Lipinski definition) is 4. The lowest BCUT2D eigenvalue weighted by atomic mass is 9.95. The van der Waals surface area contributed by atoms with Gasteiger partial charge in [-0.15, -0.1) is 0 Å². The summed E-state index contributed by atoms with van der Waals surface area (Å²) >= 11 is 1.93. The minimum absolute atomic E-state index is 0.0627. The number of hydrogen-bond donors (Lipinski definition) is 2. The van der Waals surface area contributed by atoms with Crippen LogP contribution in [0.3, 0.4) is 0 Å². The van der Waals surface area contributed by atoms with Gasteiger partial charge in [0.1, 0.15) is 0 Å². The van der Waals surface area contributed by atoms with Crippen LogP contribution in [0.2, 0.25) is 0 Å². The van der Waals surface area contributed by atoms with Crippen LogP contribution >= 0.6 is 11.8 Å². The number of carboxylic acids is 1. The molecule has 0 radical (unpaired) electrons. The number of carboxylic acid groups (broad SMARTS) is 1. The number of carbonyl (C=O) groups is 2. The second kappa shape index (κ2) is 6.83. The molecule has 1 fully saturated rings. The van der Waals surface area contributed by atoms with Gasteiger partial charge < -0.3 is 14.8 Å². The average molecular weight is 297 g/mol. The maximum Gasteiger partial charge on any atom is 0.371 e. The Labute approximate surface area is 122 Å². The van der Waals surface area contributed by atoms with Crippen molar-refractivity contribution >= 4 is 23.6 Å². The summed E-state index contributed by atoms with van der Waals surface area (Å²) in [6, 6.07) is 2.85. The highest BCUT2D eigenvalue weighted by atomic mass is 32.2. The molecule has 1 saturated carbocycles.